The number of amides is 1. The molecule has 2 rings (SSSR count). The van der Waals surface area contributed by atoms with E-state index in [0.717, 1.165) is 5.69 Å². The number of hydrogen-bond donors (Lipinski definition) is 3. The number of carbonyl (C=O) groups excluding carboxylic acids is 1. The van der Waals surface area contributed by atoms with Crippen LogP contribution < -0.4 is 16.0 Å². The second-order valence-corrected chi connectivity index (χ2v) is 4.28. The molecule has 0 radical (unpaired) electrons. The maximum Gasteiger partial charge on any atom is 0.239 e. The zero-order valence-corrected chi connectivity index (χ0v) is 9.92. The van der Waals surface area contributed by atoms with E-state index < -0.39 is 0 Å². The van der Waals surface area contributed by atoms with Crippen molar-refractivity contribution in [3.05, 3.63) is 22.7 Å². The van der Waals surface area contributed by atoms with Crippen LogP contribution >= 0.6 is 11.6 Å². The van der Waals surface area contributed by atoms with Crippen molar-refractivity contribution in [3.8, 4) is 0 Å². The Morgan fingerprint density at radius 2 is 2.29 bits per heavy atom. The van der Waals surface area contributed by atoms with E-state index in [0.29, 0.717) is 29.4 Å². The number of nitrogens with one attached hydrogen (secondary N) is 2. The summed E-state index contributed by atoms with van der Waals surface area (Å²) in [5.41, 5.74) is 7.60. The number of nitrogens with zero attached hydrogens (tertiary/aromatic N) is 1. The Balaban J connectivity index is 2.42. The minimum Gasteiger partial charge on any atom is -0.398 e. The van der Waals surface area contributed by atoms with Gasteiger partial charge in [-0.15, -0.1) is 0 Å². The van der Waals surface area contributed by atoms with Crippen molar-refractivity contribution < 1.29 is 4.79 Å². The molecule has 1 heterocycles. The van der Waals surface area contributed by atoms with Gasteiger partial charge in [-0.05, 0) is 12.1 Å². The SMILES string of the molecule is N=Cc1c(N)cc(Cl)cc1N1CCNC(=O)C1. The second-order valence-electron chi connectivity index (χ2n) is 3.84. The maximum atomic E-state index is 11.3. The molecule has 0 bridgehead atoms. The highest BCUT2D eigenvalue weighted by Gasteiger charge is 2.19. The van der Waals surface area contributed by atoms with Crippen LogP contribution in [0.2, 0.25) is 5.02 Å². The first-order valence-electron chi connectivity index (χ1n) is 5.23. The minimum absolute atomic E-state index is 0.0364. The average Bonchev–Trinajstić information content (AvgIpc) is 2.28. The first-order valence-corrected chi connectivity index (χ1v) is 5.60. The van der Waals surface area contributed by atoms with E-state index in [9.17, 15) is 4.79 Å². The normalized spacial score (nSPS) is 15.6. The van der Waals surface area contributed by atoms with Gasteiger partial charge in [0.05, 0.1) is 6.54 Å². The van der Waals surface area contributed by atoms with Gasteiger partial charge in [0.1, 0.15) is 0 Å². The number of nitrogens with two attached hydrogens (primary N) is 1. The summed E-state index contributed by atoms with van der Waals surface area (Å²) in [6, 6.07) is 3.34. The summed E-state index contributed by atoms with van der Waals surface area (Å²) in [4.78, 5) is 13.2. The van der Waals surface area contributed by atoms with Crippen molar-refractivity contribution >= 4 is 35.1 Å². The summed E-state index contributed by atoms with van der Waals surface area (Å²) in [5, 5.41) is 10.6. The Morgan fingerprint density at radius 3 is 2.94 bits per heavy atom. The van der Waals surface area contributed by atoms with Gasteiger partial charge in [-0.3, -0.25) is 4.79 Å². The van der Waals surface area contributed by atoms with E-state index in [1.54, 1.807) is 12.1 Å². The van der Waals surface area contributed by atoms with Crippen molar-refractivity contribution in [2.45, 2.75) is 0 Å². The monoisotopic (exact) mass is 252 g/mol. The first kappa shape index (κ1) is 11.7. The highest BCUT2D eigenvalue weighted by atomic mass is 35.5. The van der Waals surface area contributed by atoms with Crippen LogP contribution in [0, 0.1) is 5.41 Å². The fourth-order valence-corrected chi connectivity index (χ4v) is 2.11. The number of benzene rings is 1. The predicted octanol–water partition coefficient (Wildman–Crippen LogP) is 0.856. The van der Waals surface area contributed by atoms with Gasteiger partial charge in [0.2, 0.25) is 5.91 Å². The van der Waals surface area contributed by atoms with E-state index in [1.807, 2.05) is 4.90 Å². The Morgan fingerprint density at radius 1 is 1.53 bits per heavy atom. The molecule has 90 valence electrons. The van der Waals surface area contributed by atoms with E-state index in [1.165, 1.54) is 6.21 Å². The Hall–Kier alpha value is -1.75. The van der Waals surface area contributed by atoms with Gasteiger partial charge >= 0.3 is 0 Å². The van der Waals surface area contributed by atoms with Crippen LogP contribution in [0.5, 0.6) is 0 Å². The molecule has 0 spiro atoms. The summed E-state index contributed by atoms with van der Waals surface area (Å²) in [6.07, 6.45) is 1.19. The van der Waals surface area contributed by atoms with Crippen LogP contribution in [0.25, 0.3) is 0 Å². The molecular weight excluding hydrogens is 240 g/mol. The topological polar surface area (TPSA) is 82.2 Å². The van der Waals surface area contributed by atoms with E-state index in [-0.39, 0.29) is 12.5 Å². The Labute approximate surface area is 104 Å². The molecular formula is C11H13ClN4O. The number of halogens is 1. The smallest absolute Gasteiger partial charge is 0.239 e. The molecule has 0 atom stereocenters. The second kappa shape index (κ2) is 4.63. The van der Waals surface area contributed by atoms with Crippen LogP contribution in [0.15, 0.2) is 12.1 Å². The molecule has 1 aromatic carbocycles. The molecule has 1 saturated heterocycles. The summed E-state index contributed by atoms with van der Waals surface area (Å²) >= 11 is 5.95. The third-order valence-corrected chi connectivity index (χ3v) is 2.90. The third-order valence-electron chi connectivity index (χ3n) is 2.68. The highest BCUT2D eigenvalue weighted by molar-refractivity contribution is 6.31. The molecule has 1 aliphatic rings. The Kier molecular flexibility index (Phi) is 3.19. The lowest BCUT2D eigenvalue weighted by atomic mass is 10.1. The van der Waals surface area contributed by atoms with Gasteiger partial charge in [0.15, 0.2) is 0 Å². The van der Waals surface area contributed by atoms with Gasteiger partial charge < -0.3 is 21.4 Å². The fourth-order valence-electron chi connectivity index (χ4n) is 1.89. The summed E-state index contributed by atoms with van der Waals surface area (Å²) in [6.45, 7) is 1.54. The molecule has 5 nitrogen and oxygen atoms in total. The zero-order chi connectivity index (χ0) is 12.4. The number of anilines is 2. The third kappa shape index (κ3) is 2.34. The number of piperazine rings is 1. The standard InChI is InChI=1S/C11H13ClN4O/c12-7-3-9(14)8(5-13)10(4-7)16-2-1-15-11(17)6-16/h3-5,13H,1-2,6,14H2,(H,15,17). The van der Waals surface area contributed by atoms with Crippen molar-refractivity contribution in [2.24, 2.45) is 0 Å². The summed E-state index contributed by atoms with van der Waals surface area (Å²) in [5.74, 6) is -0.0364. The van der Waals surface area contributed by atoms with Gasteiger partial charge in [0, 0.05) is 41.3 Å². The maximum absolute atomic E-state index is 11.3. The number of rotatable bonds is 2. The van der Waals surface area contributed by atoms with E-state index >= 15 is 0 Å². The van der Waals surface area contributed by atoms with Crippen molar-refractivity contribution in [1.29, 1.82) is 5.41 Å². The average molecular weight is 253 g/mol. The van der Waals surface area contributed by atoms with Crippen molar-refractivity contribution in [1.82, 2.24) is 5.32 Å². The lowest BCUT2D eigenvalue weighted by Crippen LogP contribution is -2.48. The summed E-state index contributed by atoms with van der Waals surface area (Å²) < 4.78 is 0. The molecule has 1 fully saturated rings. The number of carbonyl (C=O) groups is 1. The van der Waals surface area contributed by atoms with Crippen LogP contribution in [-0.4, -0.2) is 31.8 Å². The minimum atomic E-state index is -0.0364. The molecule has 17 heavy (non-hydrogen) atoms. The van der Waals surface area contributed by atoms with Gasteiger partial charge in [0.25, 0.3) is 0 Å². The first-order chi connectivity index (χ1) is 8.11. The van der Waals surface area contributed by atoms with Gasteiger partial charge in [-0.1, -0.05) is 11.6 Å². The van der Waals surface area contributed by atoms with Crippen molar-refractivity contribution in [3.63, 3.8) is 0 Å². The van der Waals surface area contributed by atoms with Crippen LogP contribution in [0.1, 0.15) is 5.56 Å². The molecule has 0 saturated carbocycles. The zero-order valence-electron chi connectivity index (χ0n) is 9.16. The van der Waals surface area contributed by atoms with Crippen LogP contribution in [0.3, 0.4) is 0 Å². The van der Waals surface area contributed by atoms with Gasteiger partial charge in [-0.2, -0.15) is 0 Å². The highest BCUT2D eigenvalue weighted by Crippen LogP contribution is 2.29. The molecule has 6 heteroatoms. The van der Waals surface area contributed by atoms with Crippen LogP contribution in [0.4, 0.5) is 11.4 Å². The largest absolute Gasteiger partial charge is 0.398 e. The summed E-state index contributed by atoms with van der Waals surface area (Å²) in [7, 11) is 0. The number of nitrogen functional groups attached to an aromatic ring is 1. The van der Waals surface area contributed by atoms with E-state index in [4.69, 9.17) is 22.7 Å². The lowest BCUT2D eigenvalue weighted by Gasteiger charge is -2.30. The number of hydrogen-bond acceptors (Lipinski definition) is 4. The Bertz CT molecular complexity index is 475. The molecule has 1 aromatic rings. The molecule has 0 unspecified atom stereocenters. The van der Waals surface area contributed by atoms with Gasteiger partial charge in [-0.25, -0.2) is 0 Å². The van der Waals surface area contributed by atoms with Crippen molar-refractivity contribution in [2.75, 3.05) is 30.3 Å². The molecule has 0 aromatic heterocycles. The fraction of sp³-hybridized carbons (Fsp3) is 0.273. The van der Waals surface area contributed by atoms with E-state index in [2.05, 4.69) is 5.32 Å². The molecule has 1 amide bonds. The molecule has 0 aliphatic carbocycles. The lowest BCUT2D eigenvalue weighted by molar-refractivity contribution is -0.120. The molecule has 1 aliphatic heterocycles. The molecule has 4 N–H and O–H groups in total. The van der Waals surface area contributed by atoms with Crippen LogP contribution in [-0.2, 0) is 4.79 Å². The quantitative estimate of drug-likeness (QED) is 0.539. The predicted molar refractivity (Wildman–Crippen MR) is 69.0 cm³/mol.